The average Bonchev–Trinajstić information content (AvgIpc) is 2.99. The Labute approximate surface area is 168 Å². The van der Waals surface area contributed by atoms with Gasteiger partial charge in [-0.25, -0.2) is 4.39 Å². The van der Waals surface area contributed by atoms with Gasteiger partial charge in [0.25, 0.3) is 11.7 Å². The Morgan fingerprint density at radius 2 is 1.79 bits per heavy atom. The Bertz CT molecular complexity index is 938. The summed E-state index contributed by atoms with van der Waals surface area (Å²) >= 11 is 0. The summed E-state index contributed by atoms with van der Waals surface area (Å²) in [5, 5.41) is 11.0. The van der Waals surface area contributed by atoms with Crippen molar-refractivity contribution in [2.75, 3.05) is 27.4 Å². The fourth-order valence-electron chi connectivity index (χ4n) is 3.47. The maximum absolute atomic E-state index is 13.5. The second-order valence-corrected chi connectivity index (χ2v) is 6.59. The van der Waals surface area contributed by atoms with Crippen molar-refractivity contribution >= 4 is 17.4 Å². The van der Waals surface area contributed by atoms with Crippen LogP contribution in [0.1, 0.15) is 23.6 Å². The van der Waals surface area contributed by atoms with Crippen molar-refractivity contribution < 1.29 is 28.6 Å². The molecular weight excluding hydrogens is 377 g/mol. The molecule has 1 fully saturated rings. The number of halogens is 1. The first-order chi connectivity index (χ1) is 14.0. The smallest absolute Gasteiger partial charge is 0.295 e. The number of ether oxygens (including phenoxy) is 2. The molecule has 152 valence electrons. The Hall–Kier alpha value is -3.19. The highest BCUT2D eigenvalue weighted by Crippen LogP contribution is 2.40. The summed E-state index contributed by atoms with van der Waals surface area (Å²) in [7, 11) is 3.00. The lowest BCUT2D eigenvalue weighted by molar-refractivity contribution is -0.140. The number of likely N-dealkylation sites (tertiary alicyclic amines) is 1. The van der Waals surface area contributed by atoms with Crippen molar-refractivity contribution in [2.45, 2.75) is 12.5 Å². The third kappa shape index (κ3) is 4.00. The Morgan fingerprint density at radius 3 is 2.45 bits per heavy atom. The van der Waals surface area contributed by atoms with E-state index in [4.69, 9.17) is 9.47 Å². The second kappa shape index (κ2) is 8.87. The summed E-state index contributed by atoms with van der Waals surface area (Å²) in [6, 6.07) is 11.4. The number of Topliss-reactive ketones (excluding diaryl/α,β-unsaturated/α-hetero) is 1. The molecule has 0 aromatic heterocycles. The fraction of sp³-hybridized carbons (Fsp3) is 0.273. The lowest BCUT2D eigenvalue weighted by Crippen LogP contribution is -2.31. The molecule has 2 aromatic rings. The number of amides is 1. The van der Waals surface area contributed by atoms with Gasteiger partial charge in [0, 0.05) is 20.3 Å². The summed E-state index contributed by atoms with van der Waals surface area (Å²) < 4.78 is 23.8. The molecule has 6 nitrogen and oxygen atoms in total. The molecule has 7 heteroatoms. The molecule has 0 bridgehead atoms. The van der Waals surface area contributed by atoms with Crippen molar-refractivity contribution in [1.29, 1.82) is 0 Å². The maximum atomic E-state index is 13.5. The van der Waals surface area contributed by atoms with Gasteiger partial charge in [-0.15, -0.1) is 0 Å². The fourth-order valence-corrected chi connectivity index (χ4v) is 3.47. The van der Waals surface area contributed by atoms with Crippen LogP contribution in [0.2, 0.25) is 0 Å². The van der Waals surface area contributed by atoms with Gasteiger partial charge in [0.15, 0.2) is 0 Å². The zero-order valence-corrected chi connectivity index (χ0v) is 16.2. The topological polar surface area (TPSA) is 76.1 Å². The molecule has 0 spiro atoms. The molecule has 1 heterocycles. The molecule has 1 amide bonds. The normalized spacial score (nSPS) is 18.3. The number of benzene rings is 2. The van der Waals surface area contributed by atoms with Crippen LogP contribution in [0.25, 0.3) is 5.76 Å². The highest BCUT2D eigenvalue weighted by molar-refractivity contribution is 6.46. The van der Waals surface area contributed by atoms with Gasteiger partial charge in [-0.1, -0.05) is 24.3 Å². The number of hydrogen-bond acceptors (Lipinski definition) is 5. The molecular formula is C22H22FNO5. The molecule has 1 aliphatic heterocycles. The molecule has 1 N–H and O–H groups in total. The largest absolute Gasteiger partial charge is 0.507 e. The molecule has 3 rings (SSSR count). The molecule has 0 aliphatic carbocycles. The quantitative estimate of drug-likeness (QED) is 0.335. The van der Waals surface area contributed by atoms with Crippen LogP contribution >= 0.6 is 0 Å². The van der Waals surface area contributed by atoms with Gasteiger partial charge in [-0.05, 0) is 36.2 Å². The van der Waals surface area contributed by atoms with Gasteiger partial charge in [0.1, 0.15) is 17.3 Å². The van der Waals surface area contributed by atoms with E-state index in [1.165, 1.54) is 36.3 Å². The number of carbonyl (C=O) groups excluding carboxylic acids is 2. The van der Waals surface area contributed by atoms with Gasteiger partial charge < -0.3 is 19.5 Å². The zero-order chi connectivity index (χ0) is 21.0. The van der Waals surface area contributed by atoms with Crippen LogP contribution in [-0.2, 0) is 14.3 Å². The Morgan fingerprint density at radius 1 is 1.10 bits per heavy atom. The maximum Gasteiger partial charge on any atom is 0.295 e. The summed E-state index contributed by atoms with van der Waals surface area (Å²) in [5.41, 5.74) is 0.778. The highest BCUT2D eigenvalue weighted by Gasteiger charge is 2.46. The van der Waals surface area contributed by atoms with Crippen molar-refractivity contribution in [3.63, 3.8) is 0 Å². The minimum Gasteiger partial charge on any atom is -0.507 e. The number of para-hydroxylation sites is 1. The van der Waals surface area contributed by atoms with E-state index in [1.807, 2.05) is 0 Å². The predicted molar refractivity (Wildman–Crippen MR) is 105 cm³/mol. The van der Waals surface area contributed by atoms with E-state index in [-0.39, 0.29) is 17.9 Å². The number of nitrogens with zero attached hydrogens (tertiary/aromatic N) is 1. The van der Waals surface area contributed by atoms with E-state index in [2.05, 4.69) is 0 Å². The second-order valence-electron chi connectivity index (χ2n) is 6.59. The lowest BCUT2D eigenvalue weighted by Gasteiger charge is -2.25. The number of aliphatic hydroxyl groups is 1. The monoisotopic (exact) mass is 399 g/mol. The zero-order valence-electron chi connectivity index (χ0n) is 16.2. The molecule has 0 radical (unpaired) electrons. The third-order valence-corrected chi connectivity index (χ3v) is 4.84. The van der Waals surface area contributed by atoms with E-state index >= 15 is 0 Å². The van der Waals surface area contributed by atoms with Gasteiger partial charge in [0.2, 0.25) is 0 Å². The summed E-state index contributed by atoms with van der Waals surface area (Å²) in [4.78, 5) is 27.0. The molecule has 1 unspecified atom stereocenters. The van der Waals surface area contributed by atoms with Gasteiger partial charge in [0.05, 0.1) is 24.3 Å². The number of methoxy groups -OCH3 is 2. The van der Waals surface area contributed by atoms with Crippen molar-refractivity contribution in [2.24, 2.45) is 0 Å². The van der Waals surface area contributed by atoms with Crippen molar-refractivity contribution in [3.05, 3.63) is 71.0 Å². The van der Waals surface area contributed by atoms with Gasteiger partial charge in [-0.3, -0.25) is 9.59 Å². The van der Waals surface area contributed by atoms with Gasteiger partial charge in [-0.2, -0.15) is 0 Å². The molecule has 29 heavy (non-hydrogen) atoms. The molecule has 2 aromatic carbocycles. The average molecular weight is 399 g/mol. The van der Waals surface area contributed by atoms with Crippen LogP contribution in [0.15, 0.2) is 54.1 Å². The Balaban J connectivity index is 2.15. The van der Waals surface area contributed by atoms with E-state index < -0.39 is 23.5 Å². The van der Waals surface area contributed by atoms with Crippen molar-refractivity contribution in [1.82, 2.24) is 4.90 Å². The van der Waals surface area contributed by atoms with Crippen LogP contribution in [-0.4, -0.2) is 49.1 Å². The first-order valence-corrected chi connectivity index (χ1v) is 9.15. The van der Waals surface area contributed by atoms with Crippen molar-refractivity contribution in [3.8, 4) is 5.75 Å². The minimum atomic E-state index is -0.836. The van der Waals surface area contributed by atoms with E-state index in [0.29, 0.717) is 29.9 Å². The third-order valence-electron chi connectivity index (χ3n) is 4.84. The molecule has 1 atom stereocenters. The molecule has 1 aliphatic rings. The van der Waals surface area contributed by atoms with E-state index in [0.717, 1.165) is 0 Å². The highest BCUT2D eigenvalue weighted by atomic mass is 19.1. The Kier molecular flexibility index (Phi) is 6.29. The minimum absolute atomic E-state index is 0.0523. The van der Waals surface area contributed by atoms with Crippen LogP contribution in [0.4, 0.5) is 4.39 Å². The number of rotatable bonds is 7. The van der Waals surface area contributed by atoms with Gasteiger partial charge >= 0.3 is 0 Å². The number of carbonyl (C=O) groups is 2. The SMILES string of the molecule is COCCCN1C(=O)C(=O)/C(=C(\O)c2ccccc2OC)C1c1ccc(F)cc1. The first-order valence-electron chi connectivity index (χ1n) is 9.15. The molecule has 1 saturated heterocycles. The molecule has 0 saturated carbocycles. The van der Waals surface area contributed by atoms with Crippen LogP contribution in [0, 0.1) is 5.82 Å². The summed E-state index contributed by atoms with van der Waals surface area (Å²) in [5.74, 6) is -1.90. The van der Waals surface area contributed by atoms with E-state index in [1.54, 1.807) is 31.4 Å². The number of ketones is 1. The lowest BCUT2D eigenvalue weighted by atomic mass is 9.95. The predicted octanol–water partition coefficient (Wildman–Crippen LogP) is 3.29. The number of aliphatic hydroxyl groups excluding tert-OH is 1. The summed E-state index contributed by atoms with van der Waals surface area (Å²) in [6.45, 7) is 0.662. The van der Waals surface area contributed by atoms with E-state index in [9.17, 15) is 19.1 Å². The standard InChI is InChI=1S/C22H22FNO5/c1-28-13-5-12-24-19(14-8-10-15(23)11-9-14)18(21(26)22(24)27)20(25)16-6-3-4-7-17(16)29-2/h3-4,6-11,19,25H,5,12-13H2,1-2H3/b20-18-. The number of hydrogen-bond donors (Lipinski definition) is 1. The van der Waals surface area contributed by atoms with Crippen LogP contribution in [0.3, 0.4) is 0 Å². The van der Waals surface area contributed by atoms with Crippen LogP contribution in [0.5, 0.6) is 5.75 Å². The summed E-state index contributed by atoms with van der Waals surface area (Å²) in [6.07, 6.45) is 0.510. The first kappa shape index (κ1) is 20.5. The van der Waals surface area contributed by atoms with Crippen LogP contribution < -0.4 is 4.74 Å².